The number of hydrogen-bond acceptors (Lipinski definition) is 3. The number of nitrogens with zero attached hydrogens (tertiary/aromatic N) is 1. The van der Waals surface area contributed by atoms with Gasteiger partial charge in [0.1, 0.15) is 24.0 Å². The topological polar surface area (TPSA) is 62.1 Å². The summed E-state index contributed by atoms with van der Waals surface area (Å²) in [6.07, 6.45) is 1.54. The van der Waals surface area contributed by atoms with Crippen molar-refractivity contribution in [3.63, 3.8) is 0 Å². The molecule has 144 valence electrons. The SMILES string of the molecule is N#C/C(=C\c1ccccc1OCc1ccc(I)cc1)C(=O)Nc1ccc(Br)cc1. The molecule has 0 spiro atoms. The highest BCUT2D eigenvalue weighted by molar-refractivity contribution is 14.1. The Morgan fingerprint density at radius 2 is 1.76 bits per heavy atom. The summed E-state index contributed by atoms with van der Waals surface area (Å²) < 4.78 is 7.99. The highest BCUT2D eigenvalue weighted by Gasteiger charge is 2.11. The van der Waals surface area contributed by atoms with E-state index >= 15 is 0 Å². The zero-order valence-electron chi connectivity index (χ0n) is 15.2. The molecular weight excluding hydrogens is 543 g/mol. The lowest BCUT2D eigenvalue weighted by Gasteiger charge is -2.10. The van der Waals surface area contributed by atoms with E-state index in [9.17, 15) is 10.1 Å². The molecule has 0 radical (unpaired) electrons. The Morgan fingerprint density at radius 1 is 1.07 bits per heavy atom. The lowest BCUT2D eigenvalue weighted by molar-refractivity contribution is -0.112. The summed E-state index contributed by atoms with van der Waals surface area (Å²) in [6, 6.07) is 24.5. The summed E-state index contributed by atoms with van der Waals surface area (Å²) in [7, 11) is 0. The number of benzene rings is 3. The van der Waals surface area contributed by atoms with Gasteiger partial charge in [-0.25, -0.2) is 0 Å². The van der Waals surface area contributed by atoms with Crippen LogP contribution in [-0.4, -0.2) is 5.91 Å². The molecule has 0 heterocycles. The number of carbonyl (C=O) groups is 1. The quantitative estimate of drug-likeness (QED) is 0.223. The fourth-order valence-electron chi connectivity index (χ4n) is 2.51. The summed E-state index contributed by atoms with van der Waals surface area (Å²) in [5, 5.41) is 12.2. The Labute approximate surface area is 191 Å². The summed E-state index contributed by atoms with van der Waals surface area (Å²) >= 11 is 5.61. The summed E-state index contributed by atoms with van der Waals surface area (Å²) in [5.41, 5.74) is 2.32. The number of para-hydroxylation sites is 1. The second-order valence-electron chi connectivity index (χ2n) is 6.08. The van der Waals surface area contributed by atoms with Gasteiger partial charge < -0.3 is 10.1 Å². The maximum absolute atomic E-state index is 12.5. The van der Waals surface area contributed by atoms with Gasteiger partial charge >= 0.3 is 0 Å². The van der Waals surface area contributed by atoms with Crippen molar-refractivity contribution in [2.45, 2.75) is 6.61 Å². The molecule has 3 rings (SSSR count). The Hall–Kier alpha value is -2.63. The van der Waals surface area contributed by atoms with Crippen molar-refractivity contribution < 1.29 is 9.53 Å². The van der Waals surface area contributed by atoms with Crippen LogP contribution < -0.4 is 10.1 Å². The zero-order valence-corrected chi connectivity index (χ0v) is 19.0. The first-order valence-corrected chi connectivity index (χ1v) is 10.6. The molecule has 1 N–H and O–H groups in total. The number of hydrogen-bond donors (Lipinski definition) is 1. The number of nitrogens with one attached hydrogen (secondary N) is 1. The summed E-state index contributed by atoms with van der Waals surface area (Å²) in [4.78, 5) is 12.5. The average molecular weight is 559 g/mol. The summed E-state index contributed by atoms with van der Waals surface area (Å²) in [5.74, 6) is 0.137. The van der Waals surface area contributed by atoms with Crippen molar-refractivity contribution in [2.24, 2.45) is 0 Å². The number of amides is 1. The van der Waals surface area contributed by atoms with Crippen molar-refractivity contribution in [3.05, 3.63) is 97.5 Å². The van der Waals surface area contributed by atoms with Crippen LogP contribution in [-0.2, 0) is 11.4 Å². The Bertz CT molecular complexity index is 1070. The van der Waals surface area contributed by atoms with E-state index in [4.69, 9.17) is 4.74 Å². The number of anilines is 1. The minimum atomic E-state index is -0.470. The first-order valence-electron chi connectivity index (χ1n) is 8.70. The van der Waals surface area contributed by atoms with Crippen molar-refractivity contribution >= 4 is 56.2 Å². The van der Waals surface area contributed by atoms with Crippen LogP contribution in [0.3, 0.4) is 0 Å². The van der Waals surface area contributed by atoms with E-state index in [2.05, 4.69) is 43.8 Å². The van der Waals surface area contributed by atoms with Crippen LogP contribution in [0, 0.1) is 14.9 Å². The van der Waals surface area contributed by atoms with Gasteiger partial charge in [0, 0.05) is 19.3 Å². The van der Waals surface area contributed by atoms with Gasteiger partial charge in [-0.3, -0.25) is 4.79 Å². The predicted octanol–water partition coefficient (Wildman–Crippen LogP) is 6.18. The van der Waals surface area contributed by atoms with Crippen LogP contribution in [0.2, 0.25) is 0 Å². The third kappa shape index (κ3) is 6.17. The second-order valence-corrected chi connectivity index (χ2v) is 8.25. The molecule has 4 nitrogen and oxygen atoms in total. The first-order chi connectivity index (χ1) is 14.0. The van der Waals surface area contributed by atoms with Gasteiger partial charge in [0.25, 0.3) is 5.91 Å². The molecule has 29 heavy (non-hydrogen) atoms. The predicted molar refractivity (Wildman–Crippen MR) is 126 cm³/mol. The van der Waals surface area contributed by atoms with E-state index < -0.39 is 5.91 Å². The molecule has 6 heteroatoms. The van der Waals surface area contributed by atoms with Crippen LogP contribution in [0.1, 0.15) is 11.1 Å². The van der Waals surface area contributed by atoms with Crippen molar-refractivity contribution in [1.82, 2.24) is 0 Å². The monoisotopic (exact) mass is 558 g/mol. The van der Waals surface area contributed by atoms with E-state index in [1.165, 1.54) is 6.08 Å². The molecule has 1 amide bonds. The van der Waals surface area contributed by atoms with E-state index in [0.717, 1.165) is 13.6 Å². The maximum Gasteiger partial charge on any atom is 0.266 e. The van der Waals surface area contributed by atoms with Crippen LogP contribution >= 0.6 is 38.5 Å². The minimum Gasteiger partial charge on any atom is -0.488 e. The third-order valence-electron chi connectivity index (χ3n) is 3.99. The molecule has 0 unspecified atom stereocenters. The largest absolute Gasteiger partial charge is 0.488 e. The number of halogens is 2. The van der Waals surface area contributed by atoms with Gasteiger partial charge in [0.2, 0.25) is 0 Å². The summed E-state index contributed by atoms with van der Waals surface area (Å²) in [6.45, 7) is 0.398. The first kappa shape index (κ1) is 21.1. The van der Waals surface area contributed by atoms with Gasteiger partial charge in [0.15, 0.2) is 0 Å². The molecule has 0 atom stereocenters. The number of nitriles is 1. The normalized spacial score (nSPS) is 10.9. The Balaban J connectivity index is 1.76. The Kier molecular flexibility index (Phi) is 7.44. The van der Waals surface area contributed by atoms with Crippen LogP contribution in [0.15, 0.2) is 82.8 Å². The molecule has 0 fully saturated rings. The minimum absolute atomic E-state index is 0.00164. The second kappa shape index (κ2) is 10.2. The van der Waals surface area contributed by atoms with Crippen LogP contribution in [0.4, 0.5) is 5.69 Å². The molecule has 3 aromatic carbocycles. The molecule has 0 aliphatic rings. The van der Waals surface area contributed by atoms with E-state index in [1.54, 1.807) is 12.1 Å². The average Bonchev–Trinajstić information content (AvgIpc) is 2.74. The van der Waals surface area contributed by atoms with Crippen LogP contribution in [0.25, 0.3) is 6.08 Å². The highest BCUT2D eigenvalue weighted by Crippen LogP contribution is 2.23. The fourth-order valence-corrected chi connectivity index (χ4v) is 3.13. The van der Waals surface area contributed by atoms with Gasteiger partial charge in [-0.1, -0.05) is 46.3 Å². The van der Waals surface area contributed by atoms with E-state index in [1.807, 2.05) is 66.7 Å². The number of ether oxygens (including phenoxy) is 1. The number of carbonyl (C=O) groups excluding carboxylic acids is 1. The van der Waals surface area contributed by atoms with Crippen molar-refractivity contribution in [3.8, 4) is 11.8 Å². The lowest BCUT2D eigenvalue weighted by atomic mass is 10.1. The van der Waals surface area contributed by atoms with Gasteiger partial charge in [-0.15, -0.1) is 0 Å². The molecule has 0 saturated heterocycles. The highest BCUT2D eigenvalue weighted by atomic mass is 127. The molecule has 3 aromatic rings. The van der Waals surface area contributed by atoms with E-state index in [0.29, 0.717) is 23.6 Å². The van der Waals surface area contributed by atoms with Crippen molar-refractivity contribution in [1.29, 1.82) is 5.26 Å². The molecule has 0 saturated carbocycles. The molecule has 0 aliphatic carbocycles. The van der Waals surface area contributed by atoms with E-state index in [-0.39, 0.29) is 5.57 Å². The van der Waals surface area contributed by atoms with Crippen LogP contribution in [0.5, 0.6) is 5.75 Å². The van der Waals surface area contributed by atoms with Gasteiger partial charge in [0.05, 0.1) is 0 Å². The van der Waals surface area contributed by atoms with Gasteiger partial charge in [-0.2, -0.15) is 5.26 Å². The molecule has 0 aromatic heterocycles. The zero-order chi connectivity index (χ0) is 20.6. The van der Waals surface area contributed by atoms with Crippen molar-refractivity contribution in [2.75, 3.05) is 5.32 Å². The lowest BCUT2D eigenvalue weighted by Crippen LogP contribution is -2.13. The Morgan fingerprint density at radius 3 is 2.45 bits per heavy atom. The fraction of sp³-hybridized carbons (Fsp3) is 0.0435. The standard InChI is InChI=1S/C23H16BrIN2O2/c24-19-7-11-21(12-8-19)27-23(28)18(14-26)13-17-3-1-2-4-22(17)29-15-16-5-9-20(25)10-6-16/h1-13H,15H2,(H,27,28)/b18-13+. The number of rotatable bonds is 6. The molecular formula is C23H16BrIN2O2. The maximum atomic E-state index is 12.5. The molecule has 0 bridgehead atoms. The molecule has 0 aliphatic heterocycles. The van der Waals surface area contributed by atoms with Gasteiger partial charge in [-0.05, 0) is 76.7 Å². The third-order valence-corrected chi connectivity index (χ3v) is 5.24. The smallest absolute Gasteiger partial charge is 0.266 e.